The van der Waals surface area contributed by atoms with E-state index in [1.807, 2.05) is 52.0 Å². The van der Waals surface area contributed by atoms with E-state index in [0.717, 1.165) is 11.3 Å². The second-order valence-corrected chi connectivity index (χ2v) is 7.08. The van der Waals surface area contributed by atoms with Crippen molar-refractivity contribution in [1.29, 1.82) is 0 Å². The third-order valence-electron chi connectivity index (χ3n) is 3.21. The van der Waals surface area contributed by atoms with Gasteiger partial charge in [0.05, 0.1) is 11.6 Å². The van der Waals surface area contributed by atoms with Gasteiger partial charge in [-0.3, -0.25) is 0 Å². The molecule has 1 atom stereocenters. The van der Waals surface area contributed by atoms with Gasteiger partial charge >= 0.3 is 6.09 Å². The van der Waals surface area contributed by atoms with Crippen molar-refractivity contribution < 1.29 is 14.6 Å². The van der Waals surface area contributed by atoms with Crippen molar-refractivity contribution in [2.75, 3.05) is 5.32 Å². The lowest BCUT2D eigenvalue weighted by atomic mass is 10.0. The number of nitrogens with one attached hydrogen (secondary N) is 2. The minimum Gasteiger partial charge on any atom is -0.444 e. The van der Waals surface area contributed by atoms with Gasteiger partial charge in [0.2, 0.25) is 0 Å². The lowest BCUT2D eigenvalue weighted by Gasteiger charge is -2.27. The van der Waals surface area contributed by atoms with Crippen molar-refractivity contribution in [1.82, 2.24) is 5.32 Å². The zero-order valence-electron chi connectivity index (χ0n) is 14.4. The molecular formula is C17H28N2O3. The molecule has 1 amide bonds. The van der Waals surface area contributed by atoms with Gasteiger partial charge in [-0.25, -0.2) is 4.79 Å². The quantitative estimate of drug-likeness (QED) is 0.780. The van der Waals surface area contributed by atoms with Gasteiger partial charge in [0.25, 0.3) is 0 Å². The number of carbonyl (C=O) groups excluding carboxylic acids is 1. The van der Waals surface area contributed by atoms with E-state index in [1.54, 1.807) is 13.8 Å². The van der Waals surface area contributed by atoms with E-state index >= 15 is 0 Å². The molecule has 0 spiro atoms. The van der Waals surface area contributed by atoms with Crippen LogP contribution in [0.4, 0.5) is 10.5 Å². The van der Waals surface area contributed by atoms with Gasteiger partial charge in [-0.15, -0.1) is 0 Å². The van der Waals surface area contributed by atoms with Crippen LogP contribution in [0, 0.1) is 0 Å². The summed E-state index contributed by atoms with van der Waals surface area (Å²) < 4.78 is 5.20. The van der Waals surface area contributed by atoms with E-state index in [4.69, 9.17) is 4.74 Å². The molecule has 0 saturated heterocycles. The van der Waals surface area contributed by atoms with Crippen molar-refractivity contribution in [3.8, 4) is 0 Å². The molecule has 0 aliphatic heterocycles. The van der Waals surface area contributed by atoms with Gasteiger partial charge in [-0.05, 0) is 59.2 Å². The predicted octanol–water partition coefficient (Wildman–Crippen LogP) is 3.28. The molecule has 22 heavy (non-hydrogen) atoms. The number of carbonyl (C=O) groups is 1. The number of anilines is 1. The van der Waals surface area contributed by atoms with E-state index in [9.17, 15) is 9.90 Å². The first-order valence-corrected chi connectivity index (χ1v) is 7.52. The Morgan fingerprint density at radius 2 is 1.91 bits per heavy atom. The molecule has 0 heterocycles. The minimum absolute atomic E-state index is 0.0958. The Bertz CT molecular complexity index is 501. The maximum atomic E-state index is 11.6. The second kappa shape index (κ2) is 7.01. The Morgan fingerprint density at radius 1 is 1.27 bits per heavy atom. The number of aliphatic hydroxyl groups is 1. The van der Waals surface area contributed by atoms with Crippen LogP contribution >= 0.6 is 0 Å². The largest absolute Gasteiger partial charge is 0.444 e. The van der Waals surface area contributed by atoms with Crippen molar-refractivity contribution in [2.24, 2.45) is 0 Å². The van der Waals surface area contributed by atoms with Crippen LogP contribution < -0.4 is 10.6 Å². The lowest BCUT2D eigenvalue weighted by Crippen LogP contribution is -2.39. The maximum absolute atomic E-state index is 11.6. The first-order chi connectivity index (χ1) is 9.97. The summed E-state index contributed by atoms with van der Waals surface area (Å²) in [5.74, 6) is 0. The average molecular weight is 308 g/mol. The minimum atomic E-state index is -0.815. The van der Waals surface area contributed by atoms with Crippen LogP contribution in [0.2, 0.25) is 0 Å². The Kier molecular flexibility index (Phi) is 5.83. The van der Waals surface area contributed by atoms with E-state index in [-0.39, 0.29) is 6.04 Å². The molecule has 1 aromatic rings. The van der Waals surface area contributed by atoms with Gasteiger partial charge in [-0.2, -0.15) is 0 Å². The van der Waals surface area contributed by atoms with Crippen LogP contribution in [-0.2, 0) is 11.3 Å². The fourth-order valence-corrected chi connectivity index (χ4v) is 1.69. The molecule has 3 N–H and O–H groups in total. The summed E-state index contributed by atoms with van der Waals surface area (Å²) in [5.41, 5.74) is 0.539. The molecule has 0 aliphatic rings. The van der Waals surface area contributed by atoms with Gasteiger partial charge < -0.3 is 20.5 Å². The molecule has 5 heteroatoms. The summed E-state index contributed by atoms with van der Waals surface area (Å²) in [4.78, 5) is 11.6. The summed E-state index contributed by atoms with van der Waals surface area (Å²) in [7, 11) is 0. The van der Waals surface area contributed by atoms with Gasteiger partial charge in [0.1, 0.15) is 5.60 Å². The Balaban J connectivity index is 2.60. The van der Waals surface area contributed by atoms with Crippen LogP contribution in [0.1, 0.15) is 47.1 Å². The van der Waals surface area contributed by atoms with Crippen LogP contribution in [0.15, 0.2) is 24.3 Å². The van der Waals surface area contributed by atoms with E-state index in [1.165, 1.54) is 0 Å². The molecule has 0 aliphatic carbocycles. The third-order valence-corrected chi connectivity index (χ3v) is 3.21. The molecule has 0 radical (unpaired) electrons. The normalized spacial score (nSPS) is 13.4. The SMILES string of the molecule is CC(Nc1cccc(CNC(=O)OC(C)(C)C)c1)C(C)(C)O. The molecule has 1 unspecified atom stereocenters. The number of ether oxygens (including phenoxy) is 1. The third kappa shape index (κ3) is 6.80. The van der Waals surface area contributed by atoms with Crippen LogP contribution in [0.3, 0.4) is 0 Å². The van der Waals surface area contributed by atoms with Crippen molar-refractivity contribution in [2.45, 2.75) is 65.3 Å². The van der Waals surface area contributed by atoms with Gasteiger partial charge in [-0.1, -0.05) is 12.1 Å². The molecule has 0 bridgehead atoms. The zero-order valence-corrected chi connectivity index (χ0v) is 14.4. The summed E-state index contributed by atoms with van der Waals surface area (Å²) in [5, 5.41) is 15.9. The average Bonchev–Trinajstić information content (AvgIpc) is 2.33. The fraction of sp³-hybridized carbons (Fsp3) is 0.588. The van der Waals surface area contributed by atoms with Crippen LogP contribution in [-0.4, -0.2) is 28.4 Å². The monoisotopic (exact) mass is 308 g/mol. The molecule has 0 fully saturated rings. The van der Waals surface area contributed by atoms with Crippen LogP contribution in [0.5, 0.6) is 0 Å². The smallest absolute Gasteiger partial charge is 0.407 e. The molecule has 0 aromatic heterocycles. The molecule has 1 aromatic carbocycles. The fourth-order valence-electron chi connectivity index (χ4n) is 1.69. The highest BCUT2D eigenvalue weighted by atomic mass is 16.6. The molecule has 5 nitrogen and oxygen atoms in total. The number of hydrogen-bond donors (Lipinski definition) is 3. The first kappa shape index (κ1) is 18.3. The highest BCUT2D eigenvalue weighted by molar-refractivity contribution is 5.67. The topological polar surface area (TPSA) is 70.6 Å². The number of hydrogen-bond acceptors (Lipinski definition) is 4. The summed E-state index contributed by atoms with van der Waals surface area (Å²) >= 11 is 0. The Morgan fingerprint density at radius 3 is 2.45 bits per heavy atom. The van der Waals surface area contributed by atoms with Crippen molar-refractivity contribution >= 4 is 11.8 Å². The molecule has 1 rings (SSSR count). The number of alkyl carbamates (subject to hydrolysis) is 1. The highest BCUT2D eigenvalue weighted by Crippen LogP contribution is 2.17. The predicted molar refractivity (Wildman–Crippen MR) is 88.9 cm³/mol. The molecule has 124 valence electrons. The Hall–Kier alpha value is -1.75. The molecular weight excluding hydrogens is 280 g/mol. The highest BCUT2D eigenvalue weighted by Gasteiger charge is 2.22. The standard InChI is InChI=1S/C17H28N2O3/c1-12(17(5,6)21)19-14-9-7-8-13(10-14)11-18-15(20)22-16(2,3)4/h7-10,12,19,21H,11H2,1-6H3,(H,18,20). The summed E-state index contributed by atoms with van der Waals surface area (Å²) in [6.07, 6.45) is -0.435. The second-order valence-electron chi connectivity index (χ2n) is 7.08. The lowest BCUT2D eigenvalue weighted by molar-refractivity contribution is 0.0523. The van der Waals surface area contributed by atoms with Crippen LogP contribution in [0.25, 0.3) is 0 Å². The van der Waals surface area contributed by atoms with E-state index < -0.39 is 17.3 Å². The number of amides is 1. The summed E-state index contributed by atoms with van der Waals surface area (Å²) in [6.45, 7) is 11.3. The molecule has 0 saturated carbocycles. The van der Waals surface area contributed by atoms with Crippen molar-refractivity contribution in [3.63, 3.8) is 0 Å². The van der Waals surface area contributed by atoms with Crippen molar-refractivity contribution in [3.05, 3.63) is 29.8 Å². The summed E-state index contributed by atoms with van der Waals surface area (Å²) in [6, 6.07) is 7.61. The maximum Gasteiger partial charge on any atom is 0.407 e. The number of benzene rings is 1. The van der Waals surface area contributed by atoms with Gasteiger partial charge in [0.15, 0.2) is 0 Å². The first-order valence-electron chi connectivity index (χ1n) is 7.52. The number of rotatable bonds is 5. The zero-order chi connectivity index (χ0) is 17.0. The Labute approximate surface area is 133 Å². The van der Waals surface area contributed by atoms with Gasteiger partial charge in [0, 0.05) is 12.2 Å². The van der Waals surface area contributed by atoms with E-state index in [0.29, 0.717) is 6.54 Å². The van der Waals surface area contributed by atoms with E-state index in [2.05, 4.69) is 10.6 Å².